The standard InChI is InChI=1S/C24H22FN5O4S/c1-14-22(35(2,33)34)9-10-29(14)24(32)15-3-6-18(7-4-15)30-13-21(27-28-30)19-12-16-11-17(25)5-8-20(16)26-23(19)31/h3-8,11-14,22H,9-10H2,1-2H3,(H,26,31). The molecule has 180 valence electrons. The molecule has 0 saturated carbocycles. The number of aromatic amines is 1. The molecule has 11 heteroatoms. The van der Waals surface area contributed by atoms with Crippen LogP contribution >= 0.6 is 0 Å². The molecular weight excluding hydrogens is 473 g/mol. The molecule has 2 aromatic carbocycles. The van der Waals surface area contributed by atoms with E-state index in [2.05, 4.69) is 15.3 Å². The van der Waals surface area contributed by atoms with Gasteiger partial charge in [0.1, 0.15) is 11.5 Å². The van der Waals surface area contributed by atoms with E-state index in [1.165, 1.54) is 29.1 Å². The highest BCUT2D eigenvalue weighted by molar-refractivity contribution is 7.91. The number of fused-ring (bicyclic) bond motifs is 1. The molecular formula is C24H22FN5O4S. The van der Waals surface area contributed by atoms with Gasteiger partial charge in [0.2, 0.25) is 0 Å². The summed E-state index contributed by atoms with van der Waals surface area (Å²) in [6.45, 7) is 2.14. The van der Waals surface area contributed by atoms with Crippen molar-refractivity contribution >= 4 is 26.6 Å². The molecule has 2 atom stereocenters. The Morgan fingerprint density at radius 2 is 1.89 bits per heavy atom. The maximum absolute atomic E-state index is 13.6. The lowest BCUT2D eigenvalue weighted by Gasteiger charge is -2.24. The van der Waals surface area contributed by atoms with Crippen molar-refractivity contribution in [3.05, 3.63) is 76.5 Å². The van der Waals surface area contributed by atoms with Gasteiger partial charge in [-0.2, -0.15) is 0 Å². The number of benzene rings is 2. The fourth-order valence-electron chi connectivity index (χ4n) is 4.57. The van der Waals surface area contributed by atoms with Crippen LogP contribution in [0.1, 0.15) is 23.7 Å². The van der Waals surface area contributed by atoms with E-state index in [4.69, 9.17) is 0 Å². The van der Waals surface area contributed by atoms with Crippen molar-refractivity contribution in [3.63, 3.8) is 0 Å². The number of H-pyrrole nitrogens is 1. The predicted molar refractivity (Wildman–Crippen MR) is 129 cm³/mol. The highest BCUT2D eigenvalue weighted by Gasteiger charge is 2.39. The number of carbonyl (C=O) groups excluding carboxylic acids is 1. The number of aromatic nitrogens is 4. The molecule has 1 aliphatic heterocycles. The van der Waals surface area contributed by atoms with Gasteiger partial charge in [0.25, 0.3) is 11.5 Å². The molecule has 2 unspecified atom stereocenters. The third-order valence-corrected chi connectivity index (χ3v) is 8.18. The molecule has 3 heterocycles. The second-order valence-corrected chi connectivity index (χ2v) is 11.0. The van der Waals surface area contributed by atoms with Gasteiger partial charge in [0.05, 0.1) is 22.7 Å². The summed E-state index contributed by atoms with van der Waals surface area (Å²) in [6.07, 6.45) is 3.20. The molecule has 0 aliphatic carbocycles. The first-order chi connectivity index (χ1) is 16.6. The molecule has 9 nitrogen and oxygen atoms in total. The maximum atomic E-state index is 13.6. The number of nitrogens with zero attached hydrogens (tertiary/aromatic N) is 4. The SMILES string of the molecule is CC1C(S(C)(=O)=O)CCN1C(=O)c1ccc(-n2cc(-c3cc4cc(F)ccc4[nH]c3=O)nn2)cc1. The average Bonchev–Trinajstić information content (AvgIpc) is 3.45. The van der Waals surface area contributed by atoms with Gasteiger partial charge >= 0.3 is 0 Å². The molecule has 1 N–H and O–H groups in total. The third kappa shape index (κ3) is 4.23. The number of carbonyl (C=O) groups is 1. The highest BCUT2D eigenvalue weighted by Crippen LogP contribution is 2.26. The minimum Gasteiger partial charge on any atom is -0.335 e. The van der Waals surface area contributed by atoms with Gasteiger partial charge in [-0.3, -0.25) is 9.59 Å². The Morgan fingerprint density at radius 3 is 2.57 bits per heavy atom. The number of pyridine rings is 1. The number of halogens is 1. The first-order valence-corrected chi connectivity index (χ1v) is 12.9. The van der Waals surface area contributed by atoms with Crippen molar-refractivity contribution < 1.29 is 17.6 Å². The lowest BCUT2D eigenvalue weighted by molar-refractivity contribution is 0.0748. The van der Waals surface area contributed by atoms with Crippen molar-refractivity contribution in [2.45, 2.75) is 24.6 Å². The molecule has 2 aromatic heterocycles. The van der Waals surface area contributed by atoms with Crippen LogP contribution in [0, 0.1) is 5.82 Å². The fourth-order valence-corrected chi connectivity index (χ4v) is 5.97. The molecule has 1 aliphatic rings. The Bertz CT molecular complexity index is 1610. The van der Waals surface area contributed by atoms with Gasteiger partial charge in [-0.25, -0.2) is 17.5 Å². The van der Waals surface area contributed by atoms with Crippen LogP contribution in [-0.2, 0) is 9.84 Å². The zero-order valence-electron chi connectivity index (χ0n) is 19.0. The first kappa shape index (κ1) is 22.9. The van der Waals surface area contributed by atoms with E-state index in [0.29, 0.717) is 40.8 Å². The van der Waals surface area contributed by atoms with Crippen LogP contribution in [0.25, 0.3) is 27.8 Å². The highest BCUT2D eigenvalue weighted by atomic mass is 32.2. The van der Waals surface area contributed by atoms with Crippen LogP contribution in [0.3, 0.4) is 0 Å². The summed E-state index contributed by atoms with van der Waals surface area (Å²) in [5.41, 5.74) is 1.77. The van der Waals surface area contributed by atoms with Gasteiger partial charge in [-0.15, -0.1) is 5.10 Å². The largest absolute Gasteiger partial charge is 0.335 e. The Labute approximate surface area is 200 Å². The molecule has 35 heavy (non-hydrogen) atoms. The van der Waals surface area contributed by atoms with Gasteiger partial charge in [-0.1, -0.05) is 5.21 Å². The topological polar surface area (TPSA) is 118 Å². The van der Waals surface area contributed by atoms with Crippen LogP contribution in [-0.4, -0.2) is 63.3 Å². The number of amides is 1. The Balaban J connectivity index is 1.38. The minimum atomic E-state index is -3.24. The number of hydrogen-bond donors (Lipinski definition) is 1. The Hall–Kier alpha value is -3.86. The summed E-state index contributed by atoms with van der Waals surface area (Å²) in [7, 11) is -3.24. The van der Waals surface area contributed by atoms with Crippen molar-refractivity contribution in [1.29, 1.82) is 0 Å². The monoisotopic (exact) mass is 495 g/mol. The van der Waals surface area contributed by atoms with E-state index < -0.39 is 26.9 Å². The Morgan fingerprint density at radius 1 is 1.14 bits per heavy atom. The number of nitrogens with one attached hydrogen (secondary N) is 1. The molecule has 1 saturated heterocycles. The van der Waals surface area contributed by atoms with E-state index in [1.807, 2.05) is 0 Å². The predicted octanol–water partition coefficient (Wildman–Crippen LogP) is 2.56. The van der Waals surface area contributed by atoms with Crippen LogP contribution < -0.4 is 5.56 Å². The van der Waals surface area contributed by atoms with E-state index >= 15 is 0 Å². The fraction of sp³-hybridized carbons (Fsp3) is 0.250. The molecule has 0 radical (unpaired) electrons. The summed E-state index contributed by atoms with van der Waals surface area (Å²) >= 11 is 0. The molecule has 1 fully saturated rings. The second kappa shape index (κ2) is 8.42. The summed E-state index contributed by atoms with van der Waals surface area (Å²) in [5, 5.41) is 8.13. The van der Waals surface area contributed by atoms with Crippen molar-refractivity contribution in [1.82, 2.24) is 24.9 Å². The summed E-state index contributed by atoms with van der Waals surface area (Å²) in [6, 6.07) is 11.9. The zero-order valence-corrected chi connectivity index (χ0v) is 19.8. The second-order valence-electron chi connectivity index (χ2n) is 8.73. The van der Waals surface area contributed by atoms with Crippen molar-refractivity contribution in [3.8, 4) is 16.9 Å². The molecule has 0 bridgehead atoms. The van der Waals surface area contributed by atoms with Crippen LogP contribution in [0.5, 0.6) is 0 Å². The van der Waals surface area contributed by atoms with Gasteiger partial charge in [-0.05, 0) is 61.9 Å². The van der Waals surface area contributed by atoms with E-state index in [-0.39, 0.29) is 17.0 Å². The number of rotatable bonds is 4. The van der Waals surface area contributed by atoms with E-state index in [0.717, 1.165) is 0 Å². The quantitative estimate of drug-likeness (QED) is 0.465. The normalized spacial score (nSPS) is 18.3. The molecule has 5 rings (SSSR count). The molecule has 4 aromatic rings. The van der Waals surface area contributed by atoms with Crippen LogP contribution in [0.15, 0.2) is 59.5 Å². The van der Waals surface area contributed by atoms with Gasteiger partial charge < -0.3 is 9.88 Å². The summed E-state index contributed by atoms with van der Waals surface area (Å²) in [4.78, 5) is 29.8. The zero-order chi connectivity index (χ0) is 24.9. The molecule has 0 spiro atoms. The van der Waals surface area contributed by atoms with Crippen LogP contribution in [0.4, 0.5) is 4.39 Å². The van der Waals surface area contributed by atoms with Gasteiger partial charge in [0, 0.05) is 35.3 Å². The maximum Gasteiger partial charge on any atom is 0.258 e. The van der Waals surface area contributed by atoms with Crippen molar-refractivity contribution in [2.75, 3.05) is 12.8 Å². The van der Waals surface area contributed by atoms with E-state index in [1.54, 1.807) is 48.4 Å². The minimum absolute atomic E-state index is 0.232. The lowest BCUT2D eigenvalue weighted by Crippen LogP contribution is -2.39. The first-order valence-electron chi connectivity index (χ1n) is 11.0. The smallest absolute Gasteiger partial charge is 0.258 e. The number of hydrogen-bond acceptors (Lipinski definition) is 6. The van der Waals surface area contributed by atoms with Crippen LogP contribution in [0.2, 0.25) is 0 Å². The Kier molecular flexibility index (Phi) is 5.51. The third-order valence-electron chi connectivity index (χ3n) is 6.45. The summed E-state index contributed by atoms with van der Waals surface area (Å²) in [5.74, 6) is -0.645. The molecule has 1 amide bonds. The number of sulfone groups is 1. The van der Waals surface area contributed by atoms with Gasteiger partial charge in [0.15, 0.2) is 9.84 Å². The van der Waals surface area contributed by atoms with Crippen molar-refractivity contribution in [2.24, 2.45) is 0 Å². The average molecular weight is 496 g/mol. The lowest BCUT2D eigenvalue weighted by atomic mass is 10.1. The number of likely N-dealkylation sites (tertiary alicyclic amines) is 1. The summed E-state index contributed by atoms with van der Waals surface area (Å²) < 4.78 is 39.0. The van der Waals surface area contributed by atoms with E-state index in [9.17, 15) is 22.4 Å².